The molecule has 6 heteroatoms. The first-order valence-electron chi connectivity index (χ1n) is 6.41. The molecule has 2 saturated heterocycles. The zero-order valence-electron chi connectivity index (χ0n) is 11.0. The first-order chi connectivity index (χ1) is 9.70. The summed E-state index contributed by atoms with van der Waals surface area (Å²) in [6.45, 7) is 0.554. The van der Waals surface area contributed by atoms with E-state index in [1.807, 2.05) is 30.3 Å². The Kier molecular flexibility index (Phi) is 3.31. The lowest BCUT2D eigenvalue weighted by molar-refractivity contribution is -0.146. The van der Waals surface area contributed by atoms with Gasteiger partial charge in [0.25, 0.3) is 0 Å². The van der Waals surface area contributed by atoms with Crippen LogP contribution in [0.4, 0.5) is 4.79 Å². The largest absolute Gasteiger partial charge is 0.467 e. The SMILES string of the molecule is COC(=O)[C@@H]1[C@H]2O[C@H]2CN1C(=O)OCc1ccccc1. The molecule has 0 bridgehead atoms. The number of methoxy groups -OCH3 is 1. The maximum absolute atomic E-state index is 12.1. The van der Waals surface area contributed by atoms with Gasteiger partial charge in [0.15, 0.2) is 6.04 Å². The minimum Gasteiger partial charge on any atom is -0.467 e. The first-order valence-corrected chi connectivity index (χ1v) is 6.41. The summed E-state index contributed by atoms with van der Waals surface area (Å²) in [5.41, 5.74) is 0.899. The van der Waals surface area contributed by atoms with Crippen LogP contribution in [0.25, 0.3) is 0 Å². The molecule has 1 aromatic rings. The molecule has 106 valence electrons. The van der Waals surface area contributed by atoms with E-state index in [0.717, 1.165) is 5.56 Å². The van der Waals surface area contributed by atoms with Crippen LogP contribution in [0.1, 0.15) is 5.56 Å². The lowest BCUT2D eigenvalue weighted by Gasteiger charge is -2.23. The van der Waals surface area contributed by atoms with Gasteiger partial charge in [-0.25, -0.2) is 9.59 Å². The number of benzene rings is 1. The van der Waals surface area contributed by atoms with E-state index in [1.165, 1.54) is 12.0 Å². The van der Waals surface area contributed by atoms with Crippen LogP contribution >= 0.6 is 0 Å². The Morgan fingerprint density at radius 1 is 1.35 bits per heavy atom. The van der Waals surface area contributed by atoms with Crippen molar-refractivity contribution in [3.05, 3.63) is 35.9 Å². The third-order valence-electron chi connectivity index (χ3n) is 3.53. The molecule has 0 unspecified atom stereocenters. The number of ether oxygens (including phenoxy) is 3. The topological polar surface area (TPSA) is 68.4 Å². The van der Waals surface area contributed by atoms with Crippen LogP contribution in [0, 0.1) is 0 Å². The second kappa shape index (κ2) is 5.13. The molecule has 0 spiro atoms. The van der Waals surface area contributed by atoms with Gasteiger partial charge in [-0.3, -0.25) is 4.90 Å². The normalized spacial score (nSPS) is 26.9. The van der Waals surface area contributed by atoms with E-state index < -0.39 is 18.1 Å². The van der Waals surface area contributed by atoms with Gasteiger partial charge in [0.05, 0.1) is 13.7 Å². The summed E-state index contributed by atoms with van der Waals surface area (Å²) in [7, 11) is 1.30. The third kappa shape index (κ3) is 2.34. The van der Waals surface area contributed by atoms with E-state index >= 15 is 0 Å². The van der Waals surface area contributed by atoms with Crippen molar-refractivity contribution < 1.29 is 23.8 Å². The molecule has 0 aliphatic carbocycles. The standard InChI is InChI=1S/C14H15NO5/c1-18-13(16)11-12-10(20-12)7-15(11)14(17)19-8-9-5-3-2-4-6-9/h2-6,10-12H,7-8H2,1H3/t10-,11-,12-/m0/s1. The monoisotopic (exact) mass is 277 g/mol. The second-order valence-electron chi connectivity index (χ2n) is 4.80. The number of hydrogen-bond acceptors (Lipinski definition) is 5. The number of esters is 1. The quantitative estimate of drug-likeness (QED) is 0.607. The van der Waals surface area contributed by atoms with Crippen molar-refractivity contribution in [2.75, 3.05) is 13.7 Å². The fourth-order valence-electron chi connectivity index (χ4n) is 2.44. The fourth-order valence-corrected chi connectivity index (χ4v) is 2.44. The molecule has 3 rings (SSSR count). The molecule has 0 N–H and O–H groups in total. The van der Waals surface area contributed by atoms with Crippen LogP contribution in [0.15, 0.2) is 30.3 Å². The Morgan fingerprint density at radius 3 is 2.80 bits per heavy atom. The number of hydrogen-bond donors (Lipinski definition) is 0. The van der Waals surface area contributed by atoms with Crippen molar-refractivity contribution in [1.29, 1.82) is 0 Å². The minimum absolute atomic E-state index is 0.0663. The van der Waals surface area contributed by atoms with Crippen LogP contribution in [0.3, 0.4) is 0 Å². The molecule has 0 aromatic heterocycles. The van der Waals surface area contributed by atoms with Gasteiger partial charge in [-0.1, -0.05) is 30.3 Å². The Bertz CT molecular complexity index is 518. The van der Waals surface area contributed by atoms with Gasteiger partial charge < -0.3 is 14.2 Å². The van der Waals surface area contributed by atoms with Crippen molar-refractivity contribution in [1.82, 2.24) is 4.90 Å². The van der Waals surface area contributed by atoms with Gasteiger partial charge in [-0.05, 0) is 5.56 Å². The zero-order valence-corrected chi connectivity index (χ0v) is 11.0. The summed E-state index contributed by atoms with van der Waals surface area (Å²) < 4.78 is 15.2. The average molecular weight is 277 g/mol. The number of epoxide rings is 1. The fraction of sp³-hybridized carbons (Fsp3) is 0.429. The summed E-state index contributed by atoms with van der Waals surface area (Å²) >= 11 is 0. The van der Waals surface area contributed by atoms with Crippen LogP contribution in [0.2, 0.25) is 0 Å². The van der Waals surface area contributed by atoms with E-state index in [-0.39, 0.29) is 18.8 Å². The molecule has 2 heterocycles. The van der Waals surface area contributed by atoms with Crippen molar-refractivity contribution >= 4 is 12.1 Å². The van der Waals surface area contributed by atoms with Gasteiger partial charge >= 0.3 is 12.1 Å². The summed E-state index contributed by atoms with van der Waals surface area (Å²) in [6, 6.07) is 8.70. The lowest BCUT2D eigenvalue weighted by Crippen LogP contribution is -2.45. The minimum atomic E-state index is -0.687. The molecule has 6 nitrogen and oxygen atoms in total. The molecule has 2 aliphatic heterocycles. The summed E-state index contributed by atoms with van der Waals surface area (Å²) in [5.74, 6) is -0.466. The van der Waals surface area contributed by atoms with Crippen LogP contribution < -0.4 is 0 Å². The molecule has 2 aliphatic rings. The van der Waals surface area contributed by atoms with Crippen LogP contribution in [-0.2, 0) is 25.6 Å². The first kappa shape index (κ1) is 12.9. The Labute approximate surface area is 116 Å². The molecule has 1 amide bonds. The van der Waals surface area contributed by atoms with Crippen LogP contribution in [0.5, 0.6) is 0 Å². The number of carbonyl (C=O) groups is 2. The highest BCUT2D eigenvalue weighted by Gasteiger charge is 2.60. The predicted octanol–water partition coefficient (Wildman–Crippen LogP) is 0.948. The highest BCUT2D eigenvalue weighted by atomic mass is 16.6. The highest BCUT2D eigenvalue weighted by molar-refractivity contribution is 5.83. The van der Waals surface area contributed by atoms with Crippen molar-refractivity contribution in [3.63, 3.8) is 0 Å². The predicted molar refractivity (Wildman–Crippen MR) is 67.8 cm³/mol. The zero-order chi connectivity index (χ0) is 14.1. The number of amides is 1. The van der Waals surface area contributed by atoms with Gasteiger partial charge in [0.1, 0.15) is 18.8 Å². The maximum atomic E-state index is 12.1. The number of morpholine rings is 1. The number of carbonyl (C=O) groups excluding carboxylic acids is 2. The smallest absolute Gasteiger partial charge is 0.411 e. The molecular weight excluding hydrogens is 262 g/mol. The lowest BCUT2D eigenvalue weighted by atomic mass is 10.2. The highest BCUT2D eigenvalue weighted by Crippen LogP contribution is 2.37. The Hall–Kier alpha value is -2.08. The van der Waals surface area contributed by atoms with Crippen LogP contribution in [-0.4, -0.2) is 48.9 Å². The molecule has 20 heavy (non-hydrogen) atoms. The summed E-state index contributed by atoms with van der Waals surface area (Å²) in [5, 5.41) is 0. The molecular formula is C14H15NO5. The second-order valence-corrected chi connectivity index (χ2v) is 4.80. The molecule has 2 fully saturated rings. The van der Waals surface area contributed by atoms with Gasteiger partial charge in [0, 0.05) is 0 Å². The number of fused-ring (bicyclic) bond motifs is 1. The molecule has 0 radical (unpaired) electrons. The Balaban J connectivity index is 1.61. The number of likely N-dealkylation sites (tertiary alicyclic amines) is 1. The van der Waals surface area contributed by atoms with Crippen molar-refractivity contribution in [3.8, 4) is 0 Å². The van der Waals surface area contributed by atoms with E-state index in [1.54, 1.807) is 0 Å². The van der Waals surface area contributed by atoms with E-state index in [2.05, 4.69) is 0 Å². The van der Waals surface area contributed by atoms with Gasteiger partial charge in [0.2, 0.25) is 0 Å². The molecule has 1 aromatic carbocycles. The van der Waals surface area contributed by atoms with Crippen molar-refractivity contribution in [2.45, 2.75) is 24.9 Å². The van der Waals surface area contributed by atoms with E-state index in [0.29, 0.717) is 6.54 Å². The number of nitrogens with zero attached hydrogens (tertiary/aromatic N) is 1. The molecule has 0 saturated carbocycles. The van der Waals surface area contributed by atoms with Gasteiger partial charge in [-0.15, -0.1) is 0 Å². The van der Waals surface area contributed by atoms with E-state index in [4.69, 9.17) is 14.2 Å². The summed E-state index contributed by atoms with van der Waals surface area (Å²) in [6.07, 6.45) is -0.824. The third-order valence-corrected chi connectivity index (χ3v) is 3.53. The average Bonchev–Trinajstić information content (AvgIpc) is 3.15. The molecule has 3 atom stereocenters. The van der Waals surface area contributed by atoms with E-state index in [9.17, 15) is 9.59 Å². The van der Waals surface area contributed by atoms with Crippen molar-refractivity contribution in [2.24, 2.45) is 0 Å². The Morgan fingerprint density at radius 2 is 2.10 bits per heavy atom. The maximum Gasteiger partial charge on any atom is 0.411 e. The summed E-state index contributed by atoms with van der Waals surface area (Å²) in [4.78, 5) is 25.1. The van der Waals surface area contributed by atoms with Gasteiger partial charge in [-0.2, -0.15) is 0 Å². The number of rotatable bonds is 3.